The summed E-state index contributed by atoms with van der Waals surface area (Å²) in [5.41, 5.74) is 6.41. The number of nitrogens with two attached hydrogens (primary N) is 1. The van der Waals surface area contributed by atoms with Crippen molar-refractivity contribution in [2.75, 3.05) is 5.73 Å². The number of fused-ring (bicyclic) bond motifs is 1. The average molecular weight is 288 g/mol. The van der Waals surface area contributed by atoms with Crippen molar-refractivity contribution in [1.82, 2.24) is 15.5 Å². The highest BCUT2D eigenvalue weighted by atomic mass is 32.1. The molecule has 0 saturated heterocycles. The third-order valence-corrected chi connectivity index (χ3v) is 3.85. The van der Waals surface area contributed by atoms with Gasteiger partial charge in [-0.05, 0) is 36.6 Å². The van der Waals surface area contributed by atoms with E-state index in [1.807, 2.05) is 24.3 Å². The van der Waals surface area contributed by atoms with Crippen LogP contribution in [0, 0.1) is 6.92 Å². The number of aromatic nitrogens is 2. The molecular weight excluding hydrogens is 276 g/mol. The van der Waals surface area contributed by atoms with Gasteiger partial charge in [0.15, 0.2) is 5.82 Å². The predicted molar refractivity (Wildman–Crippen MR) is 76.4 cm³/mol. The molecule has 0 aliphatic rings. The first-order valence-electron chi connectivity index (χ1n) is 5.98. The Bertz CT molecular complexity index is 778. The van der Waals surface area contributed by atoms with E-state index in [4.69, 9.17) is 10.3 Å². The number of aryl methyl sites for hydroxylation is 1. The maximum atomic E-state index is 12.1. The molecular formula is C13H12N4O2S. The van der Waals surface area contributed by atoms with Crippen LogP contribution in [0.25, 0.3) is 10.1 Å². The summed E-state index contributed by atoms with van der Waals surface area (Å²) in [5.74, 6) is 0.772. The largest absolute Gasteiger partial charge is 0.399 e. The summed E-state index contributed by atoms with van der Waals surface area (Å²) in [5, 5.41) is 7.38. The zero-order chi connectivity index (χ0) is 14.1. The topological polar surface area (TPSA) is 94.0 Å². The molecule has 1 aromatic carbocycles. The fraction of sp³-hybridized carbons (Fsp3) is 0.154. The maximum Gasteiger partial charge on any atom is 0.261 e. The van der Waals surface area contributed by atoms with Gasteiger partial charge in [-0.3, -0.25) is 4.79 Å². The van der Waals surface area contributed by atoms with Crippen LogP contribution in [0.3, 0.4) is 0 Å². The van der Waals surface area contributed by atoms with Crippen molar-refractivity contribution < 1.29 is 9.32 Å². The molecule has 0 radical (unpaired) electrons. The molecule has 2 aromatic heterocycles. The molecule has 0 atom stereocenters. The summed E-state index contributed by atoms with van der Waals surface area (Å²) in [7, 11) is 0. The van der Waals surface area contributed by atoms with Crippen LogP contribution in [-0.2, 0) is 6.54 Å². The molecule has 0 spiro atoms. The van der Waals surface area contributed by atoms with E-state index in [-0.39, 0.29) is 12.5 Å². The Morgan fingerprint density at radius 1 is 1.45 bits per heavy atom. The minimum Gasteiger partial charge on any atom is -0.399 e. The molecule has 0 aliphatic heterocycles. The summed E-state index contributed by atoms with van der Waals surface area (Å²) in [6.07, 6.45) is 0. The second-order valence-electron chi connectivity index (χ2n) is 4.33. The quantitative estimate of drug-likeness (QED) is 0.720. The molecule has 2 heterocycles. The summed E-state index contributed by atoms with van der Waals surface area (Å²) in [6.45, 7) is 1.95. The van der Waals surface area contributed by atoms with E-state index >= 15 is 0 Å². The van der Waals surface area contributed by atoms with Gasteiger partial charge in [0.1, 0.15) is 0 Å². The molecule has 20 heavy (non-hydrogen) atoms. The summed E-state index contributed by atoms with van der Waals surface area (Å²) in [4.78, 5) is 16.7. The summed E-state index contributed by atoms with van der Waals surface area (Å²) >= 11 is 1.42. The van der Waals surface area contributed by atoms with Gasteiger partial charge < -0.3 is 15.6 Å². The van der Waals surface area contributed by atoms with Crippen molar-refractivity contribution in [1.29, 1.82) is 0 Å². The molecule has 0 bridgehead atoms. The minimum atomic E-state index is -0.166. The van der Waals surface area contributed by atoms with Gasteiger partial charge in [-0.1, -0.05) is 5.16 Å². The van der Waals surface area contributed by atoms with Crippen LogP contribution in [0.15, 0.2) is 28.8 Å². The lowest BCUT2D eigenvalue weighted by Gasteiger charge is -1.98. The highest BCUT2D eigenvalue weighted by Crippen LogP contribution is 2.27. The second-order valence-corrected chi connectivity index (χ2v) is 5.41. The van der Waals surface area contributed by atoms with Gasteiger partial charge in [0, 0.05) is 10.4 Å². The molecule has 0 saturated carbocycles. The fourth-order valence-corrected chi connectivity index (χ4v) is 2.79. The first-order valence-corrected chi connectivity index (χ1v) is 6.80. The Kier molecular flexibility index (Phi) is 3.11. The normalized spacial score (nSPS) is 10.8. The first kappa shape index (κ1) is 12.6. The van der Waals surface area contributed by atoms with Gasteiger partial charge in [0.05, 0.1) is 11.4 Å². The molecule has 0 fully saturated rings. The van der Waals surface area contributed by atoms with E-state index in [0.717, 1.165) is 10.1 Å². The number of nitrogens with zero attached hydrogens (tertiary/aromatic N) is 2. The van der Waals surface area contributed by atoms with Crippen molar-refractivity contribution in [3.8, 4) is 0 Å². The summed E-state index contributed by atoms with van der Waals surface area (Å²) in [6, 6.07) is 7.41. The lowest BCUT2D eigenvalue weighted by Crippen LogP contribution is -2.21. The number of benzene rings is 1. The Morgan fingerprint density at radius 2 is 2.30 bits per heavy atom. The van der Waals surface area contributed by atoms with E-state index in [2.05, 4.69) is 15.5 Å². The predicted octanol–water partition coefficient (Wildman–Crippen LogP) is 2.10. The third kappa shape index (κ3) is 2.48. The number of rotatable bonds is 3. The van der Waals surface area contributed by atoms with Crippen molar-refractivity contribution in [2.45, 2.75) is 13.5 Å². The number of carbonyl (C=O) groups excluding carboxylic acids is 1. The van der Waals surface area contributed by atoms with Crippen molar-refractivity contribution in [3.63, 3.8) is 0 Å². The van der Waals surface area contributed by atoms with E-state index in [1.165, 1.54) is 11.3 Å². The number of hydrogen-bond donors (Lipinski definition) is 2. The standard InChI is InChI=1S/C13H12N4O2S/c1-7-16-12(19-17-7)6-15-13(18)11-5-8-4-9(14)2-3-10(8)20-11/h2-5H,6,14H2,1H3,(H,15,18). The second kappa shape index (κ2) is 4.93. The molecule has 1 amide bonds. The number of hydrogen-bond acceptors (Lipinski definition) is 6. The molecule has 7 heteroatoms. The van der Waals surface area contributed by atoms with Gasteiger partial charge in [-0.25, -0.2) is 0 Å². The Hall–Kier alpha value is -2.41. The lowest BCUT2D eigenvalue weighted by molar-refractivity contribution is 0.0950. The summed E-state index contributed by atoms with van der Waals surface area (Å²) < 4.78 is 5.96. The van der Waals surface area contributed by atoms with E-state index < -0.39 is 0 Å². The molecule has 102 valence electrons. The molecule has 0 unspecified atom stereocenters. The average Bonchev–Trinajstić information content (AvgIpc) is 3.01. The van der Waals surface area contributed by atoms with Crippen LogP contribution in [0.1, 0.15) is 21.4 Å². The Balaban J connectivity index is 1.75. The molecule has 6 nitrogen and oxygen atoms in total. The Morgan fingerprint density at radius 3 is 3.05 bits per heavy atom. The van der Waals surface area contributed by atoms with Crippen LogP contribution in [0.2, 0.25) is 0 Å². The molecule has 0 aliphatic carbocycles. The van der Waals surface area contributed by atoms with Crippen LogP contribution in [0.5, 0.6) is 0 Å². The van der Waals surface area contributed by atoms with Gasteiger partial charge in [-0.2, -0.15) is 4.98 Å². The minimum absolute atomic E-state index is 0.166. The van der Waals surface area contributed by atoms with Gasteiger partial charge in [0.25, 0.3) is 5.91 Å². The maximum absolute atomic E-state index is 12.1. The van der Waals surface area contributed by atoms with Crippen LogP contribution < -0.4 is 11.1 Å². The third-order valence-electron chi connectivity index (χ3n) is 2.73. The van der Waals surface area contributed by atoms with Gasteiger partial charge in [-0.15, -0.1) is 11.3 Å². The van der Waals surface area contributed by atoms with Crippen molar-refractivity contribution >= 4 is 33.0 Å². The smallest absolute Gasteiger partial charge is 0.261 e. The molecule has 3 aromatic rings. The molecule has 3 N–H and O–H groups in total. The molecule has 3 rings (SSSR count). The number of nitrogens with one attached hydrogen (secondary N) is 1. The number of thiophene rings is 1. The van der Waals surface area contributed by atoms with E-state index in [1.54, 1.807) is 6.92 Å². The number of nitrogen functional groups attached to an aromatic ring is 1. The van der Waals surface area contributed by atoms with Gasteiger partial charge in [0.2, 0.25) is 5.89 Å². The van der Waals surface area contributed by atoms with E-state index in [0.29, 0.717) is 22.3 Å². The van der Waals surface area contributed by atoms with Crippen LogP contribution in [0.4, 0.5) is 5.69 Å². The fourth-order valence-electron chi connectivity index (χ4n) is 1.83. The zero-order valence-electron chi connectivity index (χ0n) is 10.7. The highest BCUT2D eigenvalue weighted by Gasteiger charge is 2.11. The lowest BCUT2D eigenvalue weighted by atomic mass is 10.2. The SMILES string of the molecule is Cc1noc(CNC(=O)c2cc3cc(N)ccc3s2)n1. The Labute approximate surface area is 118 Å². The monoisotopic (exact) mass is 288 g/mol. The highest BCUT2D eigenvalue weighted by molar-refractivity contribution is 7.20. The van der Waals surface area contributed by atoms with Gasteiger partial charge >= 0.3 is 0 Å². The van der Waals surface area contributed by atoms with Crippen molar-refractivity contribution in [3.05, 3.63) is 40.9 Å². The number of anilines is 1. The zero-order valence-corrected chi connectivity index (χ0v) is 11.5. The number of amides is 1. The van der Waals surface area contributed by atoms with Crippen LogP contribution >= 0.6 is 11.3 Å². The van der Waals surface area contributed by atoms with Crippen molar-refractivity contribution in [2.24, 2.45) is 0 Å². The van der Waals surface area contributed by atoms with E-state index in [9.17, 15) is 4.79 Å². The van der Waals surface area contributed by atoms with Crippen LogP contribution in [-0.4, -0.2) is 16.0 Å². The number of carbonyl (C=O) groups is 1. The first-order chi connectivity index (χ1) is 9.61.